The van der Waals surface area contributed by atoms with E-state index in [9.17, 15) is 4.79 Å². The van der Waals surface area contributed by atoms with Gasteiger partial charge in [-0.05, 0) is 47.0 Å². The molecule has 0 spiro atoms. The van der Waals surface area contributed by atoms with E-state index >= 15 is 0 Å². The van der Waals surface area contributed by atoms with E-state index in [1.54, 1.807) is 24.3 Å². The van der Waals surface area contributed by atoms with Crippen molar-refractivity contribution >= 4 is 21.8 Å². The van der Waals surface area contributed by atoms with Crippen LogP contribution in [0.25, 0.3) is 0 Å². The minimum absolute atomic E-state index is 0.100. The number of nitrogens with one attached hydrogen (secondary N) is 1. The Morgan fingerprint density at radius 1 is 1.60 bits per heavy atom. The molecule has 1 N–H and O–H groups in total. The molecule has 0 radical (unpaired) electrons. The molecule has 1 heterocycles. The van der Waals surface area contributed by atoms with Crippen molar-refractivity contribution in [3.63, 3.8) is 0 Å². The summed E-state index contributed by atoms with van der Waals surface area (Å²) in [5, 5.41) is 2.89. The highest BCUT2D eigenvalue weighted by Gasteiger charge is 2.17. The fourth-order valence-electron chi connectivity index (χ4n) is 2.02. The molecule has 0 aliphatic carbocycles. The molecule has 1 aliphatic heterocycles. The first kappa shape index (κ1) is 15.1. The maximum absolute atomic E-state index is 12.0. The van der Waals surface area contributed by atoms with E-state index in [1.807, 2.05) is 0 Å². The van der Waals surface area contributed by atoms with Gasteiger partial charge in [-0.25, -0.2) is 0 Å². The topological polar surface area (TPSA) is 47.6 Å². The largest absolute Gasteiger partial charge is 0.488 e. The quantitative estimate of drug-likeness (QED) is 0.810. The molecule has 1 saturated heterocycles. The molecule has 4 nitrogen and oxygen atoms in total. The third kappa shape index (κ3) is 4.08. The highest BCUT2D eigenvalue weighted by molar-refractivity contribution is 9.10. The lowest BCUT2D eigenvalue weighted by Gasteiger charge is -2.12. The van der Waals surface area contributed by atoms with Gasteiger partial charge in [-0.1, -0.05) is 12.7 Å². The first-order valence-corrected chi connectivity index (χ1v) is 7.43. The monoisotopic (exact) mass is 339 g/mol. The van der Waals surface area contributed by atoms with Crippen LogP contribution in [0.3, 0.4) is 0 Å². The van der Waals surface area contributed by atoms with Crippen molar-refractivity contribution in [2.45, 2.75) is 18.9 Å². The molecular formula is C15H18BrNO3. The highest BCUT2D eigenvalue weighted by atomic mass is 79.9. The van der Waals surface area contributed by atoms with Gasteiger partial charge in [-0.15, -0.1) is 0 Å². The molecule has 0 aromatic heterocycles. The summed E-state index contributed by atoms with van der Waals surface area (Å²) >= 11 is 3.40. The van der Waals surface area contributed by atoms with Gasteiger partial charge in [-0.3, -0.25) is 4.79 Å². The van der Waals surface area contributed by atoms with Crippen LogP contribution in [0.1, 0.15) is 23.2 Å². The molecule has 20 heavy (non-hydrogen) atoms. The van der Waals surface area contributed by atoms with Gasteiger partial charge >= 0.3 is 0 Å². The van der Waals surface area contributed by atoms with Crippen LogP contribution in [0.5, 0.6) is 5.75 Å². The Labute approximate surface area is 127 Å². The second-order valence-corrected chi connectivity index (χ2v) is 5.44. The maximum Gasteiger partial charge on any atom is 0.251 e. The summed E-state index contributed by atoms with van der Waals surface area (Å²) < 4.78 is 11.7. The van der Waals surface area contributed by atoms with Crippen molar-refractivity contribution in [3.05, 3.63) is 40.9 Å². The molecule has 0 saturated carbocycles. The number of rotatable bonds is 6. The second kappa shape index (κ2) is 7.45. The lowest BCUT2D eigenvalue weighted by Crippen LogP contribution is -2.31. The molecule has 1 fully saturated rings. The number of carbonyl (C=O) groups excluding carboxylic acids is 1. The van der Waals surface area contributed by atoms with Crippen LogP contribution in [0.15, 0.2) is 35.3 Å². The van der Waals surface area contributed by atoms with Crippen LogP contribution in [0.2, 0.25) is 0 Å². The molecule has 108 valence electrons. The molecule has 1 atom stereocenters. The third-order valence-electron chi connectivity index (χ3n) is 3.07. The first-order valence-electron chi connectivity index (χ1n) is 6.63. The lowest BCUT2D eigenvalue weighted by molar-refractivity contribution is 0.0857. The van der Waals surface area contributed by atoms with Crippen molar-refractivity contribution < 1.29 is 14.3 Å². The average molecular weight is 340 g/mol. The summed E-state index contributed by atoms with van der Waals surface area (Å²) in [6.07, 6.45) is 3.91. The molecule has 1 amide bonds. The predicted octanol–water partition coefficient (Wildman–Crippen LogP) is 2.92. The third-order valence-corrected chi connectivity index (χ3v) is 3.68. The van der Waals surface area contributed by atoms with Crippen LogP contribution >= 0.6 is 15.9 Å². The minimum atomic E-state index is -0.100. The standard InChI is InChI=1S/C15H18BrNO3/c1-2-7-20-14-6-5-11(9-13(14)16)15(18)17-10-12-4-3-8-19-12/h2,5-6,9,12H,1,3-4,7-8,10H2,(H,17,18)/t12-/m1/s1. The van der Waals surface area contributed by atoms with Gasteiger partial charge in [0.1, 0.15) is 12.4 Å². The van der Waals surface area contributed by atoms with Gasteiger partial charge < -0.3 is 14.8 Å². The van der Waals surface area contributed by atoms with Gasteiger partial charge in [-0.2, -0.15) is 0 Å². The highest BCUT2D eigenvalue weighted by Crippen LogP contribution is 2.26. The number of benzene rings is 1. The van der Waals surface area contributed by atoms with Crippen molar-refractivity contribution in [2.75, 3.05) is 19.8 Å². The van der Waals surface area contributed by atoms with Crippen LogP contribution in [-0.4, -0.2) is 31.8 Å². The average Bonchev–Trinajstić information content (AvgIpc) is 2.96. The van der Waals surface area contributed by atoms with Crippen LogP contribution in [0, 0.1) is 0 Å². The maximum atomic E-state index is 12.0. The number of hydrogen-bond donors (Lipinski definition) is 1. The van der Waals surface area contributed by atoms with Gasteiger partial charge in [0, 0.05) is 18.7 Å². The Balaban J connectivity index is 1.92. The summed E-state index contributed by atoms with van der Waals surface area (Å²) in [5.41, 5.74) is 0.598. The first-order chi connectivity index (χ1) is 9.70. The second-order valence-electron chi connectivity index (χ2n) is 4.59. The Hall–Kier alpha value is -1.33. The molecule has 1 aromatic carbocycles. The summed E-state index contributed by atoms with van der Waals surface area (Å²) in [6.45, 7) is 5.38. The molecule has 0 unspecified atom stereocenters. The number of carbonyl (C=O) groups is 1. The van der Waals surface area contributed by atoms with Crippen molar-refractivity contribution in [2.24, 2.45) is 0 Å². The summed E-state index contributed by atoms with van der Waals surface area (Å²) in [5.74, 6) is 0.594. The van der Waals surface area contributed by atoms with Crippen molar-refractivity contribution in [3.8, 4) is 5.75 Å². The minimum Gasteiger partial charge on any atom is -0.488 e. The normalized spacial score (nSPS) is 17.8. The predicted molar refractivity (Wildman–Crippen MR) is 81.1 cm³/mol. The fourth-order valence-corrected chi connectivity index (χ4v) is 2.52. The smallest absolute Gasteiger partial charge is 0.251 e. The zero-order valence-corrected chi connectivity index (χ0v) is 12.8. The van der Waals surface area contributed by atoms with Crippen LogP contribution in [0.4, 0.5) is 0 Å². The van der Waals surface area contributed by atoms with E-state index in [0.717, 1.165) is 23.9 Å². The molecule has 1 aromatic rings. The van der Waals surface area contributed by atoms with E-state index < -0.39 is 0 Å². The van der Waals surface area contributed by atoms with Gasteiger partial charge in [0.25, 0.3) is 5.91 Å². The van der Waals surface area contributed by atoms with E-state index in [-0.39, 0.29) is 12.0 Å². The van der Waals surface area contributed by atoms with Gasteiger partial charge in [0.2, 0.25) is 0 Å². The molecule has 0 bridgehead atoms. The number of ether oxygens (including phenoxy) is 2. The van der Waals surface area contributed by atoms with Gasteiger partial charge in [0.05, 0.1) is 10.6 Å². The number of halogens is 1. The SMILES string of the molecule is C=CCOc1ccc(C(=O)NC[C@H]2CCCO2)cc1Br. The van der Waals surface area contributed by atoms with E-state index in [0.29, 0.717) is 24.5 Å². The Bertz CT molecular complexity index is 484. The summed E-state index contributed by atoms with van der Waals surface area (Å²) in [6, 6.07) is 5.27. The Kier molecular flexibility index (Phi) is 5.61. The lowest BCUT2D eigenvalue weighted by atomic mass is 10.2. The summed E-state index contributed by atoms with van der Waals surface area (Å²) in [7, 11) is 0. The Morgan fingerprint density at radius 2 is 2.45 bits per heavy atom. The van der Waals surface area contributed by atoms with Crippen LogP contribution in [-0.2, 0) is 4.74 Å². The van der Waals surface area contributed by atoms with E-state index in [1.165, 1.54) is 0 Å². The summed E-state index contributed by atoms with van der Waals surface area (Å²) in [4.78, 5) is 12.0. The number of amides is 1. The van der Waals surface area contributed by atoms with E-state index in [2.05, 4.69) is 27.8 Å². The zero-order chi connectivity index (χ0) is 14.4. The molecule has 1 aliphatic rings. The number of hydrogen-bond acceptors (Lipinski definition) is 3. The van der Waals surface area contributed by atoms with Crippen molar-refractivity contribution in [1.82, 2.24) is 5.32 Å². The zero-order valence-electron chi connectivity index (χ0n) is 11.2. The molecular weight excluding hydrogens is 322 g/mol. The fraction of sp³-hybridized carbons (Fsp3) is 0.400. The molecule has 2 rings (SSSR count). The van der Waals surface area contributed by atoms with Gasteiger partial charge in [0.15, 0.2) is 0 Å². The van der Waals surface area contributed by atoms with Crippen LogP contribution < -0.4 is 10.1 Å². The Morgan fingerprint density at radius 3 is 3.10 bits per heavy atom. The van der Waals surface area contributed by atoms with Crippen molar-refractivity contribution in [1.29, 1.82) is 0 Å². The molecule has 5 heteroatoms. The van der Waals surface area contributed by atoms with E-state index in [4.69, 9.17) is 9.47 Å².